The Bertz CT molecular complexity index is 1270. The molecule has 1 aliphatic carbocycles. The number of anilines is 2. The molecule has 0 amide bonds. The lowest BCUT2D eigenvalue weighted by molar-refractivity contribution is 0.544. The minimum absolute atomic E-state index is 0.00986. The van der Waals surface area contributed by atoms with Crippen LogP contribution in [0.15, 0.2) is 30.5 Å². The lowest BCUT2D eigenvalue weighted by Crippen LogP contribution is -2.34. The van der Waals surface area contributed by atoms with Crippen LogP contribution in [0.25, 0.3) is 5.65 Å². The van der Waals surface area contributed by atoms with E-state index in [1.807, 2.05) is 18.7 Å². The van der Waals surface area contributed by atoms with Gasteiger partial charge >= 0.3 is 0 Å². The normalized spacial score (nSPS) is 21.9. The Morgan fingerprint density at radius 1 is 1.28 bits per heavy atom. The molecule has 7 nitrogen and oxygen atoms in total. The lowest BCUT2D eigenvalue weighted by atomic mass is 10.0. The van der Waals surface area contributed by atoms with E-state index in [-0.39, 0.29) is 22.7 Å². The summed E-state index contributed by atoms with van der Waals surface area (Å²) < 4.78 is 30.2. The van der Waals surface area contributed by atoms with Gasteiger partial charge in [0.05, 0.1) is 16.1 Å². The van der Waals surface area contributed by atoms with Crippen molar-refractivity contribution in [3.8, 4) is 0 Å². The molecule has 2 aromatic heterocycles. The zero-order valence-corrected chi connectivity index (χ0v) is 18.5. The van der Waals surface area contributed by atoms with Crippen molar-refractivity contribution < 1.29 is 8.78 Å². The first-order valence-electron chi connectivity index (χ1n) is 10.5. The molecule has 166 valence electrons. The summed E-state index contributed by atoms with van der Waals surface area (Å²) in [6.45, 7) is 4.46. The average Bonchev–Trinajstić information content (AvgIpc) is 3.19. The van der Waals surface area contributed by atoms with Crippen molar-refractivity contribution in [1.29, 1.82) is 10.8 Å². The molecule has 1 saturated carbocycles. The highest BCUT2D eigenvalue weighted by Crippen LogP contribution is 2.63. The van der Waals surface area contributed by atoms with Gasteiger partial charge in [-0.15, -0.1) is 5.10 Å². The van der Waals surface area contributed by atoms with Crippen molar-refractivity contribution in [2.45, 2.75) is 32.2 Å². The number of aromatic nitrogens is 3. The van der Waals surface area contributed by atoms with Crippen LogP contribution >= 0.6 is 11.8 Å². The monoisotopic (exact) mass is 455 g/mol. The first kappa shape index (κ1) is 20.9. The van der Waals surface area contributed by atoms with Gasteiger partial charge in [-0.3, -0.25) is 10.8 Å². The van der Waals surface area contributed by atoms with Gasteiger partial charge in [0.15, 0.2) is 11.5 Å². The van der Waals surface area contributed by atoms with Crippen LogP contribution < -0.4 is 10.6 Å². The first-order chi connectivity index (χ1) is 15.2. The minimum atomic E-state index is -0.606. The number of piperidine rings is 1. The van der Waals surface area contributed by atoms with Gasteiger partial charge in [0, 0.05) is 24.2 Å². The molecule has 10 heteroatoms. The molecule has 5 rings (SSSR count). The Labute approximate surface area is 188 Å². The summed E-state index contributed by atoms with van der Waals surface area (Å²) in [5.74, 6) is 0.137. The molecule has 1 aromatic carbocycles. The van der Waals surface area contributed by atoms with Crippen molar-refractivity contribution in [2.24, 2.45) is 11.8 Å². The largest absolute Gasteiger partial charge is 0.382 e. The Morgan fingerprint density at radius 2 is 2.06 bits per heavy atom. The molecule has 1 saturated heterocycles. The Hall–Kier alpha value is -3.01. The van der Waals surface area contributed by atoms with Gasteiger partial charge in [0.1, 0.15) is 22.5 Å². The number of nitrogen functional groups attached to an aromatic ring is 1. The van der Waals surface area contributed by atoms with Crippen LogP contribution in [0, 0.1) is 34.3 Å². The third-order valence-corrected chi connectivity index (χ3v) is 7.49. The molecular formula is C22H23F2N7S. The highest BCUT2D eigenvalue weighted by molar-refractivity contribution is 8.26. The Morgan fingerprint density at radius 3 is 2.78 bits per heavy atom. The second-order valence-corrected chi connectivity index (χ2v) is 9.71. The number of nitrogens with one attached hydrogen (secondary N) is 2. The van der Waals surface area contributed by atoms with Gasteiger partial charge in [-0.05, 0) is 43.0 Å². The van der Waals surface area contributed by atoms with E-state index in [4.69, 9.17) is 21.5 Å². The maximum absolute atomic E-state index is 14.7. The van der Waals surface area contributed by atoms with Gasteiger partial charge in [-0.25, -0.2) is 18.3 Å². The second-order valence-electron chi connectivity index (χ2n) is 8.65. The number of rotatable bonds is 4. The van der Waals surface area contributed by atoms with E-state index >= 15 is 0 Å². The fourth-order valence-corrected chi connectivity index (χ4v) is 5.43. The fourth-order valence-electron chi connectivity index (χ4n) is 4.68. The zero-order chi connectivity index (χ0) is 22.8. The zero-order valence-electron chi connectivity index (χ0n) is 17.7. The molecular weight excluding hydrogens is 432 g/mol. The molecule has 1 aliphatic heterocycles. The van der Waals surface area contributed by atoms with E-state index in [1.54, 1.807) is 12.3 Å². The third kappa shape index (κ3) is 3.08. The van der Waals surface area contributed by atoms with Crippen LogP contribution in [0.4, 0.5) is 20.4 Å². The topological polar surface area (TPSA) is 107 Å². The van der Waals surface area contributed by atoms with E-state index in [0.717, 1.165) is 30.7 Å². The van der Waals surface area contributed by atoms with Gasteiger partial charge in [-0.1, -0.05) is 25.6 Å². The highest BCUT2D eigenvalue weighted by Gasteiger charge is 2.64. The van der Waals surface area contributed by atoms with Crippen LogP contribution in [-0.4, -0.2) is 31.2 Å². The predicted molar refractivity (Wildman–Crippen MR) is 122 cm³/mol. The number of halogens is 2. The van der Waals surface area contributed by atoms with Gasteiger partial charge in [-0.2, -0.15) is 0 Å². The number of hydrogen-bond donors (Lipinski definition) is 3. The summed E-state index contributed by atoms with van der Waals surface area (Å²) in [6, 6.07) is 5.39. The molecule has 0 bridgehead atoms. The van der Waals surface area contributed by atoms with E-state index in [9.17, 15) is 8.78 Å². The van der Waals surface area contributed by atoms with Crippen molar-refractivity contribution in [3.63, 3.8) is 0 Å². The smallest absolute Gasteiger partial charge is 0.169 e. The molecule has 2 fully saturated rings. The number of hydrogen-bond acceptors (Lipinski definition) is 7. The average molecular weight is 456 g/mol. The number of nitrogens with two attached hydrogens (primary N) is 1. The van der Waals surface area contributed by atoms with Crippen molar-refractivity contribution in [3.05, 3.63) is 53.2 Å². The molecule has 2 aliphatic rings. The highest BCUT2D eigenvalue weighted by atomic mass is 32.2. The summed E-state index contributed by atoms with van der Waals surface area (Å²) >= 11 is 1.03. The standard InChI is InChI=1S/C22H23F2N7S/c1-11(2)19(26)32-20(27)17-18(25)29-31-8-6-16(28-21(17)31)30-7-5-12-10-22(12,30)14-9-13(23)3-4-15(14)24/h3-4,6,8-9,11-12,26-27H,5,7,10H2,1-2H3,(H2,25,29)/t12-,22+/m0/s1. The quantitative estimate of drug-likeness (QED) is 0.399. The fraction of sp³-hybridized carbons (Fsp3) is 0.364. The summed E-state index contributed by atoms with van der Waals surface area (Å²) in [5.41, 5.74) is 6.64. The maximum atomic E-state index is 14.7. The van der Waals surface area contributed by atoms with E-state index in [1.165, 1.54) is 16.6 Å². The van der Waals surface area contributed by atoms with E-state index < -0.39 is 17.2 Å². The first-order valence-corrected chi connectivity index (χ1v) is 11.3. The molecule has 4 N–H and O–H groups in total. The van der Waals surface area contributed by atoms with E-state index in [2.05, 4.69) is 5.10 Å². The number of thioether (sulfide) groups is 1. The lowest BCUT2D eigenvalue weighted by Gasteiger charge is -2.30. The van der Waals surface area contributed by atoms with Gasteiger partial charge < -0.3 is 10.6 Å². The van der Waals surface area contributed by atoms with Crippen LogP contribution in [0.5, 0.6) is 0 Å². The Balaban J connectivity index is 1.56. The predicted octanol–water partition coefficient (Wildman–Crippen LogP) is 4.41. The summed E-state index contributed by atoms with van der Waals surface area (Å²) in [6.07, 6.45) is 3.33. The summed E-state index contributed by atoms with van der Waals surface area (Å²) in [7, 11) is 0. The summed E-state index contributed by atoms with van der Waals surface area (Å²) in [4.78, 5) is 6.79. The van der Waals surface area contributed by atoms with E-state index in [0.29, 0.717) is 34.2 Å². The Kier molecular flexibility index (Phi) is 4.74. The van der Waals surface area contributed by atoms with Crippen molar-refractivity contribution in [1.82, 2.24) is 14.6 Å². The van der Waals surface area contributed by atoms with Gasteiger partial charge in [0.25, 0.3) is 0 Å². The SMILES string of the molecule is CC(C)C(=N)SC(=N)c1c(N)nn2ccc(N3CC[C@H]4C[C@]43c3cc(F)ccc3F)nc12. The number of benzene rings is 1. The number of fused-ring (bicyclic) bond motifs is 2. The molecule has 3 aromatic rings. The minimum Gasteiger partial charge on any atom is -0.382 e. The van der Waals surface area contributed by atoms with Crippen LogP contribution in [0.1, 0.15) is 37.8 Å². The molecule has 0 radical (unpaired) electrons. The number of nitrogens with zero attached hydrogens (tertiary/aromatic N) is 4. The molecule has 0 spiro atoms. The van der Waals surface area contributed by atoms with Crippen LogP contribution in [-0.2, 0) is 5.54 Å². The van der Waals surface area contributed by atoms with Crippen molar-refractivity contribution >= 4 is 39.1 Å². The molecule has 2 atom stereocenters. The maximum Gasteiger partial charge on any atom is 0.169 e. The molecule has 32 heavy (non-hydrogen) atoms. The van der Waals surface area contributed by atoms with Crippen molar-refractivity contribution in [2.75, 3.05) is 17.2 Å². The van der Waals surface area contributed by atoms with Crippen LogP contribution in [0.2, 0.25) is 0 Å². The van der Waals surface area contributed by atoms with Gasteiger partial charge in [0.2, 0.25) is 0 Å². The molecule has 0 unspecified atom stereocenters. The second kappa shape index (κ2) is 7.26. The summed E-state index contributed by atoms with van der Waals surface area (Å²) in [5, 5.41) is 21.3. The van der Waals surface area contributed by atoms with Crippen LogP contribution in [0.3, 0.4) is 0 Å². The third-order valence-electron chi connectivity index (χ3n) is 6.39. The molecule has 3 heterocycles.